The van der Waals surface area contributed by atoms with E-state index in [9.17, 15) is 9.90 Å². The van der Waals surface area contributed by atoms with Gasteiger partial charge in [-0.05, 0) is 30.5 Å². The minimum Gasteiger partial charge on any atom is -0.388 e. The average molecular weight is 455 g/mol. The first-order valence-corrected chi connectivity index (χ1v) is 12.4. The highest BCUT2D eigenvalue weighted by Gasteiger charge is 2.33. The molecule has 2 aromatic heterocycles. The fourth-order valence-corrected chi connectivity index (χ4v) is 5.58. The third-order valence-electron chi connectivity index (χ3n) is 6.69. The summed E-state index contributed by atoms with van der Waals surface area (Å²) in [7, 11) is 1.77. The highest BCUT2D eigenvalue weighted by atomic mass is 32.2. The average Bonchev–Trinajstić information content (AvgIpc) is 3.20. The zero-order chi connectivity index (χ0) is 22.1. The summed E-state index contributed by atoms with van der Waals surface area (Å²) in [6, 6.07) is 8.93. The summed E-state index contributed by atoms with van der Waals surface area (Å²) in [4.78, 5) is 21.9. The first-order valence-electron chi connectivity index (χ1n) is 11.2. The Morgan fingerprint density at radius 3 is 2.53 bits per heavy atom. The molecule has 1 aromatic carbocycles. The summed E-state index contributed by atoms with van der Waals surface area (Å²) in [6.07, 6.45) is 4.34. The number of benzene rings is 1. The highest BCUT2D eigenvalue weighted by molar-refractivity contribution is 7.99. The predicted octanol–water partition coefficient (Wildman–Crippen LogP) is 1.71. The van der Waals surface area contributed by atoms with Crippen LogP contribution in [0.2, 0.25) is 0 Å². The van der Waals surface area contributed by atoms with Crippen molar-refractivity contribution >= 4 is 28.5 Å². The second kappa shape index (κ2) is 8.88. The van der Waals surface area contributed by atoms with E-state index in [1.54, 1.807) is 17.9 Å². The smallest absolute Gasteiger partial charge is 0.264 e. The normalized spacial score (nSPS) is 19.5. The molecule has 0 spiro atoms. The first-order chi connectivity index (χ1) is 15.5. The summed E-state index contributed by atoms with van der Waals surface area (Å²) in [6.45, 7) is 5.01. The molecule has 0 bridgehead atoms. The van der Waals surface area contributed by atoms with Gasteiger partial charge < -0.3 is 10.0 Å². The van der Waals surface area contributed by atoms with E-state index in [1.165, 1.54) is 33.7 Å². The number of hydrogen-bond donors (Lipinski definition) is 1. The van der Waals surface area contributed by atoms with Gasteiger partial charge in [0.2, 0.25) is 0 Å². The number of fused-ring (bicyclic) bond motifs is 1. The largest absolute Gasteiger partial charge is 0.388 e. The van der Waals surface area contributed by atoms with Crippen molar-refractivity contribution in [3.8, 4) is 0 Å². The molecule has 1 N–H and O–H groups in total. The molecule has 4 heterocycles. The summed E-state index contributed by atoms with van der Waals surface area (Å²) >= 11 is 2.03. The van der Waals surface area contributed by atoms with Crippen LogP contribution >= 0.6 is 11.8 Å². The predicted molar refractivity (Wildman–Crippen MR) is 128 cm³/mol. The third kappa shape index (κ3) is 4.42. The Balaban J connectivity index is 1.18. The van der Waals surface area contributed by atoms with Crippen molar-refractivity contribution < 1.29 is 5.11 Å². The number of nitrogens with zero attached hydrogens (tertiary/aromatic N) is 6. The molecule has 2 saturated heterocycles. The van der Waals surface area contributed by atoms with Gasteiger partial charge >= 0.3 is 0 Å². The van der Waals surface area contributed by atoms with Crippen LogP contribution in [0.3, 0.4) is 0 Å². The summed E-state index contributed by atoms with van der Waals surface area (Å²) in [5.74, 6) is 2.41. The standard InChI is InChI=1S/C23H30N6O2S/c1-26-21-20(14-25-26)22(30)29(17-24-21)16-23(31)6-8-27(9-7-23)15-18-2-4-19(5-3-18)28-10-12-32-13-11-28/h2-5,14,17,31H,6-13,15-16H2,1H3. The molecule has 0 unspecified atom stereocenters. The van der Waals surface area contributed by atoms with Crippen LogP contribution in [0.5, 0.6) is 0 Å². The van der Waals surface area contributed by atoms with Crippen LogP contribution in [-0.4, -0.2) is 72.6 Å². The van der Waals surface area contributed by atoms with Crippen LogP contribution in [0.1, 0.15) is 18.4 Å². The molecule has 9 heteroatoms. The summed E-state index contributed by atoms with van der Waals surface area (Å²) in [5.41, 5.74) is 2.14. The van der Waals surface area contributed by atoms with E-state index in [4.69, 9.17) is 0 Å². The molecule has 170 valence electrons. The fourth-order valence-electron chi connectivity index (χ4n) is 4.67. The Morgan fingerprint density at radius 1 is 1.09 bits per heavy atom. The number of rotatable bonds is 5. The zero-order valence-electron chi connectivity index (χ0n) is 18.5. The second-order valence-electron chi connectivity index (χ2n) is 8.95. The van der Waals surface area contributed by atoms with Crippen LogP contribution in [0.15, 0.2) is 41.6 Å². The second-order valence-corrected chi connectivity index (χ2v) is 10.2. The van der Waals surface area contributed by atoms with E-state index in [0.29, 0.717) is 23.9 Å². The van der Waals surface area contributed by atoms with Gasteiger partial charge in [-0.1, -0.05) is 12.1 Å². The van der Waals surface area contributed by atoms with E-state index < -0.39 is 5.60 Å². The number of thioether (sulfide) groups is 1. The number of anilines is 1. The van der Waals surface area contributed by atoms with E-state index in [0.717, 1.165) is 32.7 Å². The number of piperidine rings is 1. The van der Waals surface area contributed by atoms with E-state index >= 15 is 0 Å². The molecule has 0 aliphatic carbocycles. The van der Waals surface area contributed by atoms with Gasteiger partial charge in [-0.2, -0.15) is 16.9 Å². The molecular formula is C23H30N6O2S. The maximum Gasteiger partial charge on any atom is 0.264 e. The monoisotopic (exact) mass is 454 g/mol. The summed E-state index contributed by atoms with van der Waals surface area (Å²) < 4.78 is 3.11. The number of aromatic nitrogens is 4. The Hall–Kier alpha value is -2.36. The van der Waals surface area contributed by atoms with Crippen molar-refractivity contribution in [1.29, 1.82) is 0 Å². The van der Waals surface area contributed by atoms with Gasteiger partial charge in [0.05, 0.1) is 18.3 Å². The first kappa shape index (κ1) is 21.5. The SMILES string of the molecule is Cn1ncc2c(=O)n(CC3(O)CCN(Cc4ccc(N5CCSCC5)cc4)CC3)cnc21. The van der Waals surface area contributed by atoms with Gasteiger partial charge in [-0.25, -0.2) is 4.98 Å². The van der Waals surface area contributed by atoms with Crippen molar-refractivity contribution in [1.82, 2.24) is 24.2 Å². The van der Waals surface area contributed by atoms with Crippen molar-refractivity contribution in [2.24, 2.45) is 7.05 Å². The van der Waals surface area contributed by atoms with Gasteiger partial charge in [0, 0.05) is 57.0 Å². The topological polar surface area (TPSA) is 79.4 Å². The van der Waals surface area contributed by atoms with Crippen LogP contribution in [0.25, 0.3) is 11.0 Å². The lowest BCUT2D eigenvalue weighted by Crippen LogP contribution is -2.47. The quantitative estimate of drug-likeness (QED) is 0.629. The van der Waals surface area contributed by atoms with Crippen molar-refractivity contribution in [2.75, 3.05) is 42.6 Å². The molecule has 32 heavy (non-hydrogen) atoms. The third-order valence-corrected chi connectivity index (χ3v) is 7.63. The minimum atomic E-state index is -0.895. The molecule has 2 aliphatic rings. The van der Waals surface area contributed by atoms with Gasteiger partial charge in [-0.15, -0.1) is 0 Å². The van der Waals surface area contributed by atoms with Crippen molar-refractivity contribution in [3.63, 3.8) is 0 Å². The molecule has 5 rings (SSSR count). The van der Waals surface area contributed by atoms with Crippen molar-refractivity contribution in [3.05, 3.63) is 52.7 Å². The van der Waals surface area contributed by atoms with Crippen molar-refractivity contribution in [2.45, 2.75) is 31.5 Å². The molecule has 3 aromatic rings. The summed E-state index contributed by atoms with van der Waals surface area (Å²) in [5, 5.41) is 15.7. The molecule has 0 radical (unpaired) electrons. The Bertz CT molecular complexity index is 1130. The highest BCUT2D eigenvalue weighted by Crippen LogP contribution is 2.26. The zero-order valence-corrected chi connectivity index (χ0v) is 19.3. The molecule has 0 amide bonds. The Kier molecular flexibility index (Phi) is 5.96. The maximum atomic E-state index is 12.7. The van der Waals surface area contributed by atoms with Crippen LogP contribution in [0, 0.1) is 0 Å². The van der Waals surface area contributed by atoms with Crippen LogP contribution < -0.4 is 10.5 Å². The van der Waals surface area contributed by atoms with Crippen LogP contribution in [0.4, 0.5) is 5.69 Å². The Morgan fingerprint density at radius 2 is 1.81 bits per heavy atom. The van der Waals surface area contributed by atoms with Gasteiger partial charge in [0.25, 0.3) is 5.56 Å². The molecule has 0 saturated carbocycles. The lowest BCUT2D eigenvalue weighted by molar-refractivity contribution is -0.0364. The molecule has 2 fully saturated rings. The minimum absolute atomic E-state index is 0.147. The fraction of sp³-hybridized carbons (Fsp3) is 0.522. The number of aliphatic hydroxyl groups is 1. The van der Waals surface area contributed by atoms with E-state index in [-0.39, 0.29) is 12.1 Å². The lowest BCUT2D eigenvalue weighted by Gasteiger charge is -2.38. The van der Waals surface area contributed by atoms with Gasteiger partial charge in [-0.3, -0.25) is 18.9 Å². The molecular weight excluding hydrogens is 424 g/mol. The molecule has 8 nitrogen and oxygen atoms in total. The Labute approximate surface area is 191 Å². The van der Waals surface area contributed by atoms with Gasteiger partial charge in [0.1, 0.15) is 11.7 Å². The lowest BCUT2D eigenvalue weighted by atomic mass is 9.91. The molecule has 2 aliphatic heterocycles. The number of likely N-dealkylation sites (tertiary alicyclic amines) is 1. The number of hydrogen-bond acceptors (Lipinski definition) is 7. The van der Waals surface area contributed by atoms with Gasteiger partial charge in [0.15, 0.2) is 5.65 Å². The van der Waals surface area contributed by atoms with E-state index in [1.807, 2.05) is 11.8 Å². The maximum absolute atomic E-state index is 12.7. The van der Waals surface area contributed by atoms with E-state index in [2.05, 4.69) is 44.1 Å². The van der Waals surface area contributed by atoms with Crippen LogP contribution in [-0.2, 0) is 20.1 Å². The number of aryl methyl sites for hydroxylation is 1. The molecule has 0 atom stereocenters.